The number of fused-ring (bicyclic) bond motifs is 1. The van der Waals surface area contributed by atoms with E-state index in [0.717, 1.165) is 17.7 Å². The monoisotopic (exact) mass is 353 g/mol. The predicted octanol–water partition coefficient (Wildman–Crippen LogP) is 3.42. The fourth-order valence-electron chi connectivity index (χ4n) is 2.83. The van der Waals surface area contributed by atoms with Crippen molar-refractivity contribution in [1.29, 1.82) is 0 Å². The van der Waals surface area contributed by atoms with Crippen molar-refractivity contribution in [1.82, 2.24) is 4.98 Å². The molecule has 1 aromatic carbocycles. The summed E-state index contributed by atoms with van der Waals surface area (Å²) in [7, 11) is 0. The van der Waals surface area contributed by atoms with Gasteiger partial charge in [-0.3, -0.25) is 4.79 Å². The molecule has 0 unspecified atom stereocenters. The van der Waals surface area contributed by atoms with E-state index < -0.39 is 29.2 Å². The Hall–Kier alpha value is -2.64. The summed E-state index contributed by atoms with van der Waals surface area (Å²) >= 11 is 0. The van der Waals surface area contributed by atoms with E-state index >= 15 is 0 Å². The fourth-order valence-corrected chi connectivity index (χ4v) is 2.83. The molecule has 0 atom stereocenters. The molecular formula is C17H15F4N3O. The van der Waals surface area contributed by atoms with Gasteiger partial charge in [0.15, 0.2) is 0 Å². The van der Waals surface area contributed by atoms with E-state index in [9.17, 15) is 22.4 Å². The van der Waals surface area contributed by atoms with Crippen LogP contribution in [0.1, 0.15) is 18.4 Å². The van der Waals surface area contributed by atoms with Crippen molar-refractivity contribution >= 4 is 17.3 Å². The first kappa shape index (κ1) is 17.2. The van der Waals surface area contributed by atoms with Gasteiger partial charge in [0, 0.05) is 25.2 Å². The van der Waals surface area contributed by atoms with E-state index in [4.69, 9.17) is 0 Å². The molecule has 0 bridgehead atoms. The van der Waals surface area contributed by atoms with E-state index in [2.05, 4.69) is 10.3 Å². The third kappa shape index (κ3) is 3.42. The summed E-state index contributed by atoms with van der Waals surface area (Å²) in [5.41, 5.74) is 1.06. The molecule has 132 valence electrons. The molecule has 4 nitrogen and oxygen atoms in total. The van der Waals surface area contributed by atoms with Crippen molar-refractivity contribution in [2.45, 2.75) is 19.3 Å². The van der Waals surface area contributed by atoms with E-state index in [1.54, 1.807) is 4.90 Å². The van der Waals surface area contributed by atoms with E-state index in [1.807, 2.05) is 24.3 Å². The molecule has 0 spiro atoms. The van der Waals surface area contributed by atoms with Crippen molar-refractivity contribution in [2.75, 3.05) is 23.3 Å². The van der Waals surface area contributed by atoms with Crippen LogP contribution in [0.3, 0.4) is 0 Å². The molecule has 8 heteroatoms. The normalized spacial score (nSPS) is 13.0. The lowest BCUT2D eigenvalue weighted by atomic mass is 10.2. The molecule has 1 amide bonds. The standard InChI is InChI=1S/C17H15F4N3O/c18-13-15(14(19)17(21)23-16(13)20)22-8-3-6-12(25)24-9-7-10-4-1-2-5-11(10)24/h1-2,4-5H,3,6-9H2,(H,22,23). The lowest BCUT2D eigenvalue weighted by Gasteiger charge is -2.17. The van der Waals surface area contributed by atoms with Crippen LogP contribution in [-0.2, 0) is 11.2 Å². The first-order chi connectivity index (χ1) is 12.0. The SMILES string of the molecule is O=C(CCCNc1c(F)c(F)nc(F)c1F)N1CCc2ccccc21. The average Bonchev–Trinajstić information content (AvgIpc) is 3.03. The molecule has 2 aromatic rings. The summed E-state index contributed by atoms with van der Waals surface area (Å²) in [5, 5.41) is 2.29. The Labute approximate surface area is 141 Å². The van der Waals surface area contributed by atoms with Gasteiger partial charge in [-0.05, 0) is 24.5 Å². The minimum Gasteiger partial charge on any atom is -0.380 e. The lowest BCUT2D eigenvalue weighted by Crippen LogP contribution is -2.29. The third-order valence-electron chi connectivity index (χ3n) is 4.05. The molecule has 1 aromatic heterocycles. The van der Waals surface area contributed by atoms with Crippen LogP contribution in [0.15, 0.2) is 24.3 Å². The number of benzene rings is 1. The molecule has 0 radical (unpaired) electrons. The summed E-state index contributed by atoms with van der Waals surface area (Å²) in [6, 6.07) is 7.59. The lowest BCUT2D eigenvalue weighted by molar-refractivity contribution is -0.118. The number of carbonyl (C=O) groups excluding carboxylic acids is 1. The van der Waals surface area contributed by atoms with Gasteiger partial charge in [-0.25, -0.2) is 0 Å². The van der Waals surface area contributed by atoms with E-state index in [-0.39, 0.29) is 25.3 Å². The number of aromatic nitrogens is 1. The topological polar surface area (TPSA) is 45.2 Å². The molecule has 3 rings (SSSR count). The van der Waals surface area contributed by atoms with Gasteiger partial charge in [-0.15, -0.1) is 0 Å². The second-order valence-corrected chi connectivity index (χ2v) is 5.65. The van der Waals surface area contributed by atoms with Crippen molar-refractivity contribution in [2.24, 2.45) is 0 Å². The summed E-state index contributed by atoms with van der Waals surface area (Å²) in [5.74, 6) is -6.71. The van der Waals surface area contributed by atoms with Gasteiger partial charge in [0.1, 0.15) is 5.69 Å². The molecule has 2 heterocycles. The van der Waals surface area contributed by atoms with Gasteiger partial charge >= 0.3 is 0 Å². The number of amides is 1. The Bertz CT molecular complexity index is 786. The first-order valence-electron chi connectivity index (χ1n) is 7.81. The molecule has 1 N–H and O–H groups in total. The number of para-hydroxylation sites is 1. The highest BCUT2D eigenvalue weighted by Crippen LogP contribution is 2.28. The van der Waals surface area contributed by atoms with Crippen molar-refractivity contribution < 1.29 is 22.4 Å². The number of hydrogen-bond donors (Lipinski definition) is 1. The highest BCUT2D eigenvalue weighted by Gasteiger charge is 2.24. The second-order valence-electron chi connectivity index (χ2n) is 5.65. The van der Waals surface area contributed by atoms with Crippen LogP contribution in [0.5, 0.6) is 0 Å². The predicted molar refractivity (Wildman–Crippen MR) is 84.3 cm³/mol. The maximum absolute atomic E-state index is 13.5. The highest BCUT2D eigenvalue weighted by molar-refractivity contribution is 5.95. The Kier molecular flexibility index (Phi) is 4.87. The van der Waals surface area contributed by atoms with Crippen LogP contribution in [0.2, 0.25) is 0 Å². The fraction of sp³-hybridized carbons (Fsp3) is 0.294. The van der Waals surface area contributed by atoms with Gasteiger partial charge in [-0.1, -0.05) is 18.2 Å². The minimum absolute atomic E-state index is 0.0159. The Morgan fingerprint density at radius 2 is 1.80 bits per heavy atom. The zero-order valence-electron chi connectivity index (χ0n) is 13.2. The molecule has 0 aliphatic carbocycles. The van der Waals surface area contributed by atoms with Crippen LogP contribution < -0.4 is 10.2 Å². The number of nitrogens with one attached hydrogen (secondary N) is 1. The van der Waals surface area contributed by atoms with Gasteiger partial charge < -0.3 is 10.2 Å². The largest absolute Gasteiger partial charge is 0.380 e. The number of hydrogen-bond acceptors (Lipinski definition) is 3. The zero-order chi connectivity index (χ0) is 18.0. The molecule has 1 aliphatic heterocycles. The van der Waals surface area contributed by atoms with Crippen LogP contribution in [0.4, 0.5) is 28.9 Å². The Morgan fingerprint density at radius 1 is 1.12 bits per heavy atom. The Balaban J connectivity index is 1.56. The zero-order valence-corrected chi connectivity index (χ0v) is 13.2. The summed E-state index contributed by atoms with van der Waals surface area (Å²) in [6.45, 7) is 0.577. The van der Waals surface area contributed by atoms with E-state index in [1.165, 1.54) is 0 Å². The number of halogens is 4. The number of rotatable bonds is 5. The van der Waals surface area contributed by atoms with Crippen LogP contribution in [0.25, 0.3) is 0 Å². The Morgan fingerprint density at radius 3 is 2.52 bits per heavy atom. The quantitative estimate of drug-likeness (QED) is 0.509. The van der Waals surface area contributed by atoms with Crippen molar-refractivity contribution in [3.05, 3.63) is 53.4 Å². The van der Waals surface area contributed by atoms with Crippen LogP contribution in [0, 0.1) is 23.5 Å². The van der Waals surface area contributed by atoms with Gasteiger partial charge in [0.05, 0.1) is 0 Å². The maximum atomic E-state index is 13.5. The first-order valence-corrected chi connectivity index (χ1v) is 7.81. The summed E-state index contributed by atoms with van der Waals surface area (Å²) in [6.07, 6.45) is 1.18. The van der Waals surface area contributed by atoms with Gasteiger partial charge in [0.25, 0.3) is 11.9 Å². The highest BCUT2D eigenvalue weighted by atomic mass is 19.2. The number of anilines is 2. The smallest absolute Gasteiger partial charge is 0.253 e. The maximum Gasteiger partial charge on any atom is 0.253 e. The molecule has 0 saturated heterocycles. The van der Waals surface area contributed by atoms with Crippen molar-refractivity contribution in [3.8, 4) is 0 Å². The number of pyridine rings is 1. The second kappa shape index (κ2) is 7.08. The summed E-state index contributed by atoms with van der Waals surface area (Å²) in [4.78, 5) is 16.4. The van der Waals surface area contributed by atoms with Gasteiger partial charge in [-0.2, -0.15) is 22.5 Å². The van der Waals surface area contributed by atoms with Crippen LogP contribution >= 0.6 is 0 Å². The molecule has 0 saturated carbocycles. The third-order valence-corrected chi connectivity index (χ3v) is 4.05. The summed E-state index contributed by atoms with van der Waals surface area (Å²) < 4.78 is 52.9. The number of nitrogens with zero attached hydrogens (tertiary/aromatic N) is 2. The van der Waals surface area contributed by atoms with Crippen LogP contribution in [-0.4, -0.2) is 24.0 Å². The molecular weight excluding hydrogens is 338 g/mol. The molecule has 0 fully saturated rings. The van der Waals surface area contributed by atoms with E-state index in [0.29, 0.717) is 6.54 Å². The van der Waals surface area contributed by atoms with Gasteiger partial charge in [0.2, 0.25) is 17.5 Å². The number of carbonyl (C=O) groups is 1. The minimum atomic E-state index is -1.72. The molecule has 1 aliphatic rings. The van der Waals surface area contributed by atoms with Crippen molar-refractivity contribution in [3.63, 3.8) is 0 Å². The molecule has 25 heavy (non-hydrogen) atoms. The average molecular weight is 353 g/mol.